The highest BCUT2D eigenvalue weighted by molar-refractivity contribution is 5.59. The van der Waals surface area contributed by atoms with Gasteiger partial charge in [0.15, 0.2) is 0 Å². The molecule has 0 aliphatic carbocycles. The van der Waals surface area contributed by atoms with Gasteiger partial charge in [0, 0.05) is 25.0 Å². The van der Waals surface area contributed by atoms with Gasteiger partial charge in [-0.25, -0.2) is 4.98 Å². The molecule has 1 aliphatic rings. The number of benzene rings is 2. The second-order valence-corrected chi connectivity index (χ2v) is 7.29. The molecular formula is C23H26N4. The molecule has 2 heterocycles. The standard InChI is InChI=1S/C23H26N4/c1-19-13-16-26(17-14-19)22-12-15-24-23(25-22)27(21-10-6-3-7-11-21)18-20-8-4-2-5-9-20/h2-12,15,19H,13-14,16-18H2,1H3. The first-order valence-electron chi connectivity index (χ1n) is 9.74. The summed E-state index contributed by atoms with van der Waals surface area (Å²) in [7, 11) is 0. The van der Waals surface area contributed by atoms with Crippen molar-refractivity contribution in [3.8, 4) is 0 Å². The Morgan fingerprint density at radius 3 is 2.30 bits per heavy atom. The lowest BCUT2D eigenvalue weighted by Gasteiger charge is -2.32. The molecule has 2 aromatic carbocycles. The predicted octanol–water partition coefficient (Wildman–Crippen LogP) is 5.05. The third kappa shape index (κ3) is 4.27. The zero-order valence-corrected chi connectivity index (χ0v) is 15.8. The first-order valence-corrected chi connectivity index (χ1v) is 9.74. The minimum absolute atomic E-state index is 0.741. The first-order chi connectivity index (χ1) is 13.3. The lowest BCUT2D eigenvalue weighted by molar-refractivity contribution is 0.436. The van der Waals surface area contributed by atoms with Crippen LogP contribution in [0.15, 0.2) is 72.9 Å². The van der Waals surface area contributed by atoms with Gasteiger partial charge in [0.05, 0.1) is 6.54 Å². The van der Waals surface area contributed by atoms with E-state index >= 15 is 0 Å². The van der Waals surface area contributed by atoms with Gasteiger partial charge in [-0.1, -0.05) is 55.5 Å². The van der Waals surface area contributed by atoms with Crippen LogP contribution in [-0.2, 0) is 6.54 Å². The van der Waals surface area contributed by atoms with Crippen molar-refractivity contribution in [1.82, 2.24) is 9.97 Å². The van der Waals surface area contributed by atoms with E-state index in [0.717, 1.165) is 43.0 Å². The summed E-state index contributed by atoms with van der Waals surface area (Å²) in [6.07, 6.45) is 4.34. The SMILES string of the molecule is CC1CCN(c2ccnc(N(Cc3ccccc3)c3ccccc3)n2)CC1. The second-order valence-electron chi connectivity index (χ2n) is 7.29. The van der Waals surface area contributed by atoms with E-state index in [0.29, 0.717) is 0 Å². The Morgan fingerprint density at radius 1 is 0.926 bits per heavy atom. The molecule has 0 bridgehead atoms. The van der Waals surface area contributed by atoms with Crippen molar-refractivity contribution in [3.05, 3.63) is 78.5 Å². The Balaban J connectivity index is 1.64. The van der Waals surface area contributed by atoms with Gasteiger partial charge in [0.2, 0.25) is 5.95 Å². The van der Waals surface area contributed by atoms with Crippen molar-refractivity contribution in [2.45, 2.75) is 26.3 Å². The molecule has 1 saturated heterocycles. The fourth-order valence-electron chi connectivity index (χ4n) is 3.53. The number of rotatable bonds is 5. The minimum atomic E-state index is 0.741. The summed E-state index contributed by atoms with van der Waals surface area (Å²) in [6.45, 7) is 5.22. The van der Waals surface area contributed by atoms with E-state index in [-0.39, 0.29) is 0 Å². The second kappa shape index (κ2) is 8.21. The molecule has 0 atom stereocenters. The van der Waals surface area contributed by atoms with Crippen LogP contribution < -0.4 is 9.80 Å². The quantitative estimate of drug-likeness (QED) is 0.639. The summed E-state index contributed by atoms with van der Waals surface area (Å²) >= 11 is 0. The number of para-hydroxylation sites is 1. The first kappa shape index (κ1) is 17.5. The van der Waals surface area contributed by atoms with Crippen molar-refractivity contribution in [2.75, 3.05) is 22.9 Å². The van der Waals surface area contributed by atoms with Gasteiger partial charge >= 0.3 is 0 Å². The predicted molar refractivity (Wildman–Crippen MR) is 111 cm³/mol. The number of hydrogen-bond acceptors (Lipinski definition) is 4. The molecule has 0 spiro atoms. The highest BCUT2D eigenvalue weighted by Gasteiger charge is 2.19. The molecule has 0 radical (unpaired) electrons. The summed E-state index contributed by atoms with van der Waals surface area (Å²) < 4.78 is 0. The molecular weight excluding hydrogens is 332 g/mol. The Kier molecular flexibility index (Phi) is 5.33. The highest BCUT2D eigenvalue weighted by atomic mass is 15.3. The van der Waals surface area contributed by atoms with E-state index in [2.05, 4.69) is 70.2 Å². The third-order valence-corrected chi connectivity index (χ3v) is 5.23. The molecule has 1 aliphatic heterocycles. The van der Waals surface area contributed by atoms with Crippen molar-refractivity contribution in [2.24, 2.45) is 5.92 Å². The lowest BCUT2D eigenvalue weighted by atomic mass is 9.99. The molecule has 3 aromatic rings. The fourth-order valence-corrected chi connectivity index (χ4v) is 3.53. The van der Waals surface area contributed by atoms with Crippen LogP contribution in [0.4, 0.5) is 17.5 Å². The normalized spacial score (nSPS) is 14.9. The number of nitrogens with zero attached hydrogens (tertiary/aromatic N) is 4. The van der Waals surface area contributed by atoms with Crippen LogP contribution in [-0.4, -0.2) is 23.1 Å². The summed E-state index contributed by atoms with van der Waals surface area (Å²) in [5.41, 5.74) is 2.34. The lowest BCUT2D eigenvalue weighted by Crippen LogP contribution is -2.33. The van der Waals surface area contributed by atoms with E-state index in [9.17, 15) is 0 Å². The van der Waals surface area contributed by atoms with Gasteiger partial charge in [-0.2, -0.15) is 4.98 Å². The maximum absolute atomic E-state index is 4.94. The molecule has 4 heteroatoms. The molecule has 0 amide bonds. The molecule has 0 N–H and O–H groups in total. The van der Waals surface area contributed by atoms with Crippen LogP contribution in [0.5, 0.6) is 0 Å². The van der Waals surface area contributed by atoms with Crippen LogP contribution in [0.2, 0.25) is 0 Å². The molecule has 138 valence electrons. The van der Waals surface area contributed by atoms with E-state index in [4.69, 9.17) is 4.98 Å². The number of piperidine rings is 1. The van der Waals surface area contributed by atoms with Gasteiger partial charge in [-0.3, -0.25) is 0 Å². The maximum Gasteiger partial charge on any atom is 0.232 e. The van der Waals surface area contributed by atoms with Crippen molar-refractivity contribution in [3.63, 3.8) is 0 Å². The number of aromatic nitrogens is 2. The number of hydrogen-bond donors (Lipinski definition) is 0. The average Bonchev–Trinajstić information content (AvgIpc) is 2.74. The Morgan fingerprint density at radius 2 is 1.59 bits per heavy atom. The van der Waals surface area contributed by atoms with E-state index in [1.165, 1.54) is 18.4 Å². The number of anilines is 3. The summed E-state index contributed by atoms with van der Waals surface area (Å²) in [5.74, 6) is 2.59. The zero-order valence-electron chi connectivity index (χ0n) is 15.8. The summed E-state index contributed by atoms with van der Waals surface area (Å²) in [5, 5.41) is 0. The minimum Gasteiger partial charge on any atom is -0.356 e. The molecule has 1 fully saturated rings. The molecule has 4 rings (SSSR count). The van der Waals surface area contributed by atoms with Crippen LogP contribution >= 0.6 is 0 Å². The Labute approximate surface area is 161 Å². The third-order valence-electron chi connectivity index (χ3n) is 5.23. The van der Waals surface area contributed by atoms with Crippen molar-refractivity contribution in [1.29, 1.82) is 0 Å². The van der Waals surface area contributed by atoms with Gasteiger partial charge in [0.1, 0.15) is 5.82 Å². The van der Waals surface area contributed by atoms with Crippen molar-refractivity contribution >= 4 is 17.5 Å². The van der Waals surface area contributed by atoms with Gasteiger partial charge in [-0.05, 0) is 42.5 Å². The molecule has 4 nitrogen and oxygen atoms in total. The van der Waals surface area contributed by atoms with E-state index in [1.807, 2.05) is 24.4 Å². The average molecular weight is 358 g/mol. The maximum atomic E-state index is 4.94. The van der Waals surface area contributed by atoms with Crippen LogP contribution in [0.1, 0.15) is 25.3 Å². The molecule has 0 saturated carbocycles. The fraction of sp³-hybridized carbons (Fsp3) is 0.304. The van der Waals surface area contributed by atoms with E-state index < -0.39 is 0 Å². The Bertz CT molecular complexity index is 843. The van der Waals surface area contributed by atoms with Crippen molar-refractivity contribution < 1.29 is 0 Å². The smallest absolute Gasteiger partial charge is 0.232 e. The topological polar surface area (TPSA) is 32.3 Å². The van der Waals surface area contributed by atoms with E-state index in [1.54, 1.807) is 0 Å². The summed E-state index contributed by atoms with van der Waals surface area (Å²) in [4.78, 5) is 14.1. The largest absolute Gasteiger partial charge is 0.356 e. The molecule has 0 unspecified atom stereocenters. The van der Waals surface area contributed by atoms with Crippen LogP contribution in [0.25, 0.3) is 0 Å². The summed E-state index contributed by atoms with van der Waals surface area (Å²) in [6, 6.07) is 22.9. The highest BCUT2D eigenvalue weighted by Crippen LogP contribution is 2.27. The Hall–Kier alpha value is -2.88. The van der Waals surface area contributed by atoms with Crippen LogP contribution in [0, 0.1) is 5.92 Å². The zero-order chi connectivity index (χ0) is 18.5. The molecule has 27 heavy (non-hydrogen) atoms. The monoisotopic (exact) mass is 358 g/mol. The van der Waals surface area contributed by atoms with Gasteiger partial charge < -0.3 is 9.80 Å². The van der Waals surface area contributed by atoms with Crippen LogP contribution in [0.3, 0.4) is 0 Å². The molecule has 1 aromatic heterocycles. The van der Waals surface area contributed by atoms with Gasteiger partial charge in [0.25, 0.3) is 0 Å². The van der Waals surface area contributed by atoms with Gasteiger partial charge in [-0.15, -0.1) is 0 Å².